The van der Waals surface area contributed by atoms with Crippen LogP contribution in [0.4, 0.5) is 0 Å². The first-order valence-corrected chi connectivity index (χ1v) is 5.68. The molecule has 0 saturated heterocycles. The van der Waals surface area contributed by atoms with Gasteiger partial charge < -0.3 is 0 Å². The number of hydrogen-bond donors (Lipinski definition) is 0. The van der Waals surface area contributed by atoms with Crippen LogP contribution >= 0.6 is 9.24 Å². The second-order valence-electron chi connectivity index (χ2n) is 4.93. The predicted octanol–water partition coefficient (Wildman–Crippen LogP) is 2.93. The highest BCUT2D eigenvalue weighted by atomic mass is 31.0. The zero-order valence-electron chi connectivity index (χ0n) is 7.64. The van der Waals surface area contributed by atoms with E-state index in [1.54, 1.807) is 0 Å². The van der Waals surface area contributed by atoms with Crippen molar-refractivity contribution in [3.8, 4) is 0 Å². The largest absolute Gasteiger partial charge is 0.137 e. The standard InChI is InChI=1S/C10H19P/c1-10(2)8-4-3-7(5-8)9(10)6-11/h7-9H,3-6,11H2,1-2H3. The first-order valence-electron chi connectivity index (χ1n) is 4.86. The van der Waals surface area contributed by atoms with Gasteiger partial charge in [0, 0.05) is 0 Å². The van der Waals surface area contributed by atoms with E-state index in [2.05, 4.69) is 23.1 Å². The molecule has 64 valence electrons. The summed E-state index contributed by atoms with van der Waals surface area (Å²) in [6, 6.07) is 0. The van der Waals surface area contributed by atoms with Crippen molar-refractivity contribution in [1.82, 2.24) is 0 Å². The molecule has 11 heavy (non-hydrogen) atoms. The topological polar surface area (TPSA) is 0 Å². The summed E-state index contributed by atoms with van der Waals surface area (Å²) < 4.78 is 0. The van der Waals surface area contributed by atoms with Crippen LogP contribution in [0.5, 0.6) is 0 Å². The molecule has 0 aliphatic heterocycles. The van der Waals surface area contributed by atoms with E-state index in [0.717, 1.165) is 17.8 Å². The Hall–Kier alpha value is 0.430. The Morgan fingerprint density at radius 1 is 1.36 bits per heavy atom. The van der Waals surface area contributed by atoms with Gasteiger partial charge in [-0.15, -0.1) is 9.24 Å². The molecule has 2 aliphatic rings. The van der Waals surface area contributed by atoms with Crippen molar-refractivity contribution < 1.29 is 0 Å². The molecule has 0 radical (unpaired) electrons. The SMILES string of the molecule is CC1(C)C2CCC(C2)C1CP. The van der Waals surface area contributed by atoms with Crippen LogP contribution in [0.25, 0.3) is 0 Å². The Bertz CT molecular complexity index is 162. The molecule has 4 atom stereocenters. The van der Waals surface area contributed by atoms with Gasteiger partial charge in [-0.3, -0.25) is 0 Å². The average molecular weight is 170 g/mol. The van der Waals surface area contributed by atoms with E-state index < -0.39 is 0 Å². The molecule has 2 bridgehead atoms. The molecule has 0 N–H and O–H groups in total. The minimum Gasteiger partial charge on any atom is -0.137 e. The summed E-state index contributed by atoms with van der Waals surface area (Å²) in [5.41, 5.74) is 0.657. The van der Waals surface area contributed by atoms with Crippen LogP contribution in [-0.2, 0) is 0 Å². The van der Waals surface area contributed by atoms with Crippen molar-refractivity contribution in [3.05, 3.63) is 0 Å². The van der Waals surface area contributed by atoms with Crippen molar-refractivity contribution in [2.45, 2.75) is 33.1 Å². The molecule has 1 heteroatoms. The molecule has 0 heterocycles. The number of fused-ring (bicyclic) bond motifs is 2. The molecule has 2 rings (SSSR count). The third kappa shape index (κ3) is 0.985. The lowest BCUT2D eigenvalue weighted by atomic mass is 9.69. The van der Waals surface area contributed by atoms with Gasteiger partial charge in [0.1, 0.15) is 0 Å². The van der Waals surface area contributed by atoms with E-state index in [1.807, 2.05) is 0 Å². The molecule has 0 nitrogen and oxygen atoms in total. The van der Waals surface area contributed by atoms with Gasteiger partial charge in [0.05, 0.1) is 0 Å². The fourth-order valence-electron chi connectivity index (χ4n) is 3.46. The van der Waals surface area contributed by atoms with Gasteiger partial charge in [-0.2, -0.15) is 0 Å². The molecule has 4 unspecified atom stereocenters. The Morgan fingerprint density at radius 2 is 2.09 bits per heavy atom. The number of hydrogen-bond acceptors (Lipinski definition) is 0. The summed E-state index contributed by atoms with van der Waals surface area (Å²) in [5, 5.41) is 0. The van der Waals surface area contributed by atoms with Gasteiger partial charge >= 0.3 is 0 Å². The molecule has 0 aromatic rings. The molecule has 0 aromatic heterocycles. The van der Waals surface area contributed by atoms with E-state index >= 15 is 0 Å². The van der Waals surface area contributed by atoms with Crippen LogP contribution < -0.4 is 0 Å². The summed E-state index contributed by atoms with van der Waals surface area (Å²) in [5.74, 6) is 3.14. The Morgan fingerprint density at radius 3 is 2.45 bits per heavy atom. The van der Waals surface area contributed by atoms with Gasteiger partial charge in [-0.25, -0.2) is 0 Å². The first kappa shape index (κ1) is 8.05. The van der Waals surface area contributed by atoms with Crippen LogP contribution in [0.15, 0.2) is 0 Å². The number of rotatable bonds is 1. The van der Waals surface area contributed by atoms with Crippen LogP contribution in [-0.4, -0.2) is 6.16 Å². The van der Waals surface area contributed by atoms with E-state index in [9.17, 15) is 0 Å². The minimum absolute atomic E-state index is 0.657. The molecule has 2 aliphatic carbocycles. The second kappa shape index (κ2) is 2.46. The maximum Gasteiger partial charge on any atom is -0.0292 e. The third-order valence-electron chi connectivity index (χ3n) is 4.30. The quantitative estimate of drug-likeness (QED) is 0.531. The smallest absolute Gasteiger partial charge is 0.0292 e. The Balaban J connectivity index is 2.21. The van der Waals surface area contributed by atoms with Gasteiger partial charge in [0.25, 0.3) is 0 Å². The van der Waals surface area contributed by atoms with Gasteiger partial charge in [-0.05, 0) is 48.6 Å². The lowest BCUT2D eigenvalue weighted by molar-refractivity contribution is 0.141. The van der Waals surface area contributed by atoms with Crippen LogP contribution in [0, 0.1) is 23.2 Å². The zero-order chi connectivity index (χ0) is 8.06. The summed E-state index contributed by atoms with van der Waals surface area (Å²) in [7, 11) is 2.94. The van der Waals surface area contributed by atoms with Crippen LogP contribution in [0.3, 0.4) is 0 Å². The summed E-state index contributed by atoms with van der Waals surface area (Å²) in [4.78, 5) is 0. The van der Waals surface area contributed by atoms with Gasteiger partial charge in [0.2, 0.25) is 0 Å². The van der Waals surface area contributed by atoms with E-state index in [4.69, 9.17) is 0 Å². The van der Waals surface area contributed by atoms with Crippen molar-refractivity contribution >= 4 is 9.24 Å². The van der Waals surface area contributed by atoms with E-state index in [-0.39, 0.29) is 0 Å². The monoisotopic (exact) mass is 170 g/mol. The van der Waals surface area contributed by atoms with Crippen molar-refractivity contribution in [2.24, 2.45) is 23.2 Å². The fourth-order valence-corrected chi connectivity index (χ4v) is 4.46. The predicted molar refractivity (Wildman–Crippen MR) is 52.7 cm³/mol. The van der Waals surface area contributed by atoms with Crippen molar-refractivity contribution in [2.75, 3.05) is 6.16 Å². The fraction of sp³-hybridized carbons (Fsp3) is 1.00. The molecule has 0 amide bonds. The lowest BCUT2D eigenvalue weighted by Gasteiger charge is -2.37. The Kier molecular flexibility index (Phi) is 1.80. The summed E-state index contributed by atoms with van der Waals surface area (Å²) >= 11 is 0. The zero-order valence-corrected chi connectivity index (χ0v) is 8.79. The first-order chi connectivity index (χ1) is 5.16. The summed E-state index contributed by atoms with van der Waals surface area (Å²) in [6.07, 6.45) is 5.90. The highest BCUT2D eigenvalue weighted by molar-refractivity contribution is 7.16. The minimum atomic E-state index is 0.657. The molecule has 0 aromatic carbocycles. The summed E-state index contributed by atoms with van der Waals surface area (Å²) in [6.45, 7) is 4.96. The van der Waals surface area contributed by atoms with Crippen molar-refractivity contribution in [1.29, 1.82) is 0 Å². The van der Waals surface area contributed by atoms with E-state index in [1.165, 1.54) is 25.4 Å². The average Bonchev–Trinajstić information content (AvgIpc) is 2.44. The van der Waals surface area contributed by atoms with Gasteiger partial charge in [0.15, 0.2) is 0 Å². The van der Waals surface area contributed by atoms with Crippen molar-refractivity contribution in [3.63, 3.8) is 0 Å². The lowest BCUT2D eigenvalue weighted by Crippen LogP contribution is -2.31. The van der Waals surface area contributed by atoms with Crippen LogP contribution in [0.1, 0.15) is 33.1 Å². The van der Waals surface area contributed by atoms with Gasteiger partial charge in [-0.1, -0.05) is 13.8 Å². The molecule has 0 spiro atoms. The third-order valence-corrected chi connectivity index (χ3v) is 4.81. The second-order valence-corrected chi connectivity index (χ2v) is 5.41. The Labute approximate surface area is 72.3 Å². The maximum atomic E-state index is 2.94. The van der Waals surface area contributed by atoms with E-state index in [0.29, 0.717) is 5.41 Å². The maximum absolute atomic E-state index is 2.94. The highest BCUT2D eigenvalue weighted by Crippen LogP contribution is 2.59. The molecule has 2 fully saturated rings. The normalized spacial score (nSPS) is 46.6. The molecular weight excluding hydrogens is 151 g/mol. The molecule has 2 saturated carbocycles. The molecular formula is C10H19P. The highest BCUT2D eigenvalue weighted by Gasteiger charge is 2.51. The van der Waals surface area contributed by atoms with Crippen LogP contribution in [0.2, 0.25) is 0 Å².